The van der Waals surface area contributed by atoms with E-state index in [1.54, 1.807) is 6.20 Å². The Balaban J connectivity index is 1.89. The molecule has 0 aliphatic carbocycles. The molecule has 1 saturated heterocycles. The third kappa shape index (κ3) is 3.30. The molecule has 94 valence electrons. The van der Waals surface area contributed by atoms with E-state index < -0.39 is 0 Å². The fraction of sp³-hybridized carbons (Fsp3) is 0.667. The minimum Gasteiger partial charge on any atom is -0.322 e. The second-order valence-electron chi connectivity index (χ2n) is 4.98. The molecule has 2 rings (SSSR count). The fourth-order valence-electron chi connectivity index (χ4n) is 2.04. The van der Waals surface area contributed by atoms with Gasteiger partial charge in [-0.1, -0.05) is 13.8 Å². The molecule has 0 spiro atoms. The molecule has 1 aliphatic rings. The van der Waals surface area contributed by atoms with Crippen LogP contribution in [-0.4, -0.2) is 28.3 Å². The minimum absolute atomic E-state index is 0.0385. The summed E-state index contributed by atoms with van der Waals surface area (Å²) < 4.78 is 1.86. The summed E-state index contributed by atoms with van der Waals surface area (Å²) >= 11 is 0. The van der Waals surface area contributed by atoms with E-state index in [0.29, 0.717) is 5.92 Å². The lowest BCUT2D eigenvalue weighted by Gasteiger charge is -2.09. The highest BCUT2D eigenvalue weighted by Crippen LogP contribution is 2.11. The van der Waals surface area contributed by atoms with E-state index in [2.05, 4.69) is 29.6 Å². The summed E-state index contributed by atoms with van der Waals surface area (Å²) in [6.45, 7) is 6.09. The zero-order valence-corrected chi connectivity index (χ0v) is 10.4. The Morgan fingerprint density at radius 2 is 2.53 bits per heavy atom. The Labute approximate surface area is 102 Å². The molecule has 1 aromatic heterocycles. The van der Waals surface area contributed by atoms with Crippen LogP contribution in [0.2, 0.25) is 0 Å². The number of anilines is 1. The van der Waals surface area contributed by atoms with Gasteiger partial charge in [-0.3, -0.25) is 9.48 Å². The van der Waals surface area contributed by atoms with Crippen molar-refractivity contribution in [2.45, 2.75) is 39.3 Å². The molecule has 17 heavy (non-hydrogen) atoms. The fourth-order valence-corrected chi connectivity index (χ4v) is 2.04. The lowest BCUT2D eigenvalue weighted by atomic mass is 10.2. The first-order valence-corrected chi connectivity index (χ1v) is 6.22. The van der Waals surface area contributed by atoms with Crippen LogP contribution in [0.1, 0.15) is 26.7 Å². The van der Waals surface area contributed by atoms with Crippen LogP contribution in [0.3, 0.4) is 0 Å². The molecule has 1 amide bonds. The van der Waals surface area contributed by atoms with Crippen LogP contribution in [-0.2, 0) is 11.3 Å². The zero-order valence-electron chi connectivity index (χ0n) is 10.4. The number of carbonyl (C=O) groups is 1. The van der Waals surface area contributed by atoms with Gasteiger partial charge in [0, 0.05) is 12.7 Å². The maximum absolute atomic E-state index is 11.8. The Kier molecular flexibility index (Phi) is 3.78. The van der Waals surface area contributed by atoms with Crippen molar-refractivity contribution < 1.29 is 4.79 Å². The number of amides is 1. The highest BCUT2D eigenvalue weighted by atomic mass is 16.2. The predicted molar refractivity (Wildman–Crippen MR) is 66.7 cm³/mol. The van der Waals surface area contributed by atoms with Crippen LogP contribution in [0.5, 0.6) is 0 Å². The number of hydrogen-bond donors (Lipinski definition) is 2. The Morgan fingerprint density at radius 1 is 1.71 bits per heavy atom. The summed E-state index contributed by atoms with van der Waals surface area (Å²) in [5, 5.41) is 10.3. The van der Waals surface area contributed by atoms with Gasteiger partial charge in [-0.25, -0.2) is 0 Å². The summed E-state index contributed by atoms with van der Waals surface area (Å²) in [6.07, 6.45) is 5.58. The molecule has 0 saturated carbocycles. The molecular weight excluding hydrogens is 216 g/mol. The third-order valence-corrected chi connectivity index (χ3v) is 2.83. The topological polar surface area (TPSA) is 59.0 Å². The van der Waals surface area contributed by atoms with E-state index in [1.165, 1.54) is 0 Å². The van der Waals surface area contributed by atoms with Gasteiger partial charge in [0.1, 0.15) is 0 Å². The monoisotopic (exact) mass is 236 g/mol. The van der Waals surface area contributed by atoms with Gasteiger partial charge in [-0.2, -0.15) is 5.10 Å². The maximum Gasteiger partial charge on any atom is 0.241 e. The predicted octanol–water partition coefficient (Wildman–Crippen LogP) is 1.23. The maximum atomic E-state index is 11.8. The summed E-state index contributed by atoms with van der Waals surface area (Å²) in [4.78, 5) is 11.8. The Hall–Kier alpha value is -1.36. The third-order valence-electron chi connectivity index (χ3n) is 2.83. The van der Waals surface area contributed by atoms with Crippen LogP contribution in [0, 0.1) is 5.92 Å². The van der Waals surface area contributed by atoms with E-state index in [0.717, 1.165) is 31.6 Å². The molecular formula is C12H20N4O. The molecule has 0 bridgehead atoms. The standard InChI is InChI=1S/C12H20N4O/c1-9(2)7-16-8-10(6-14-16)15-12(17)11-4-3-5-13-11/h6,8-9,11,13H,3-5,7H2,1-2H3,(H,15,17). The van der Waals surface area contributed by atoms with Crippen molar-refractivity contribution in [2.75, 3.05) is 11.9 Å². The Morgan fingerprint density at radius 3 is 3.18 bits per heavy atom. The molecule has 5 heteroatoms. The van der Waals surface area contributed by atoms with E-state index in [4.69, 9.17) is 0 Å². The van der Waals surface area contributed by atoms with Gasteiger partial charge in [-0.05, 0) is 25.3 Å². The van der Waals surface area contributed by atoms with Crippen LogP contribution in [0.15, 0.2) is 12.4 Å². The van der Waals surface area contributed by atoms with E-state index in [1.807, 2.05) is 10.9 Å². The van der Waals surface area contributed by atoms with Crippen LogP contribution in [0.4, 0.5) is 5.69 Å². The normalized spacial score (nSPS) is 19.8. The van der Waals surface area contributed by atoms with Gasteiger partial charge in [0.2, 0.25) is 5.91 Å². The highest BCUT2D eigenvalue weighted by Gasteiger charge is 2.22. The van der Waals surface area contributed by atoms with Crippen molar-refractivity contribution in [3.63, 3.8) is 0 Å². The molecule has 1 aromatic rings. The van der Waals surface area contributed by atoms with Gasteiger partial charge in [0.05, 0.1) is 17.9 Å². The number of rotatable bonds is 4. The highest BCUT2D eigenvalue weighted by molar-refractivity contribution is 5.94. The summed E-state index contributed by atoms with van der Waals surface area (Å²) in [6, 6.07) is -0.0385. The van der Waals surface area contributed by atoms with Gasteiger partial charge < -0.3 is 10.6 Å². The quantitative estimate of drug-likeness (QED) is 0.826. The van der Waals surface area contributed by atoms with Gasteiger partial charge >= 0.3 is 0 Å². The molecule has 0 aromatic carbocycles. The van der Waals surface area contributed by atoms with E-state index in [9.17, 15) is 4.79 Å². The summed E-state index contributed by atoms with van der Waals surface area (Å²) in [5.74, 6) is 0.599. The Bertz CT molecular complexity index is 380. The van der Waals surface area contributed by atoms with Gasteiger partial charge in [0.15, 0.2) is 0 Å². The minimum atomic E-state index is -0.0385. The van der Waals surface area contributed by atoms with Crippen LogP contribution in [0.25, 0.3) is 0 Å². The van der Waals surface area contributed by atoms with Crippen molar-refractivity contribution in [2.24, 2.45) is 5.92 Å². The first-order valence-electron chi connectivity index (χ1n) is 6.22. The molecule has 1 atom stereocenters. The van der Waals surface area contributed by atoms with E-state index >= 15 is 0 Å². The smallest absolute Gasteiger partial charge is 0.241 e. The average Bonchev–Trinajstić information content (AvgIpc) is 2.87. The number of nitrogens with one attached hydrogen (secondary N) is 2. The van der Waals surface area contributed by atoms with E-state index in [-0.39, 0.29) is 11.9 Å². The SMILES string of the molecule is CC(C)Cn1cc(NC(=O)C2CCCN2)cn1. The molecule has 0 radical (unpaired) electrons. The molecule has 5 nitrogen and oxygen atoms in total. The molecule has 1 unspecified atom stereocenters. The van der Waals surface area contributed by atoms with Crippen molar-refractivity contribution >= 4 is 11.6 Å². The lowest BCUT2D eigenvalue weighted by molar-refractivity contribution is -0.117. The second-order valence-corrected chi connectivity index (χ2v) is 4.98. The van der Waals surface area contributed by atoms with Gasteiger partial charge in [-0.15, -0.1) is 0 Å². The van der Waals surface area contributed by atoms with Crippen molar-refractivity contribution in [3.05, 3.63) is 12.4 Å². The molecule has 1 fully saturated rings. The largest absolute Gasteiger partial charge is 0.322 e. The summed E-state index contributed by atoms with van der Waals surface area (Å²) in [5.41, 5.74) is 0.782. The second kappa shape index (κ2) is 5.31. The molecule has 1 aliphatic heterocycles. The van der Waals surface area contributed by atoms with Crippen molar-refractivity contribution in [1.82, 2.24) is 15.1 Å². The van der Waals surface area contributed by atoms with Gasteiger partial charge in [0.25, 0.3) is 0 Å². The number of aromatic nitrogens is 2. The number of carbonyl (C=O) groups excluding carboxylic acids is 1. The first kappa shape index (κ1) is 12.1. The van der Waals surface area contributed by atoms with Crippen molar-refractivity contribution in [1.29, 1.82) is 0 Å². The van der Waals surface area contributed by atoms with Crippen LogP contribution < -0.4 is 10.6 Å². The summed E-state index contributed by atoms with van der Waals surface area (Å²) in [7, 11) is 0. The zero-order chi connectivity index (χ0) is 12.3. The lowest BCUT2D eigenvalue weighted by Crippen LogP contribution is -2.35. The van der Waals surface area contributed by atoms with Crippen molar-refractivity contribution in [3.8, 4) is 0 Å². The first-order chi connectivity index (χ1) is 8.15. The number of nitrogens with zero attached hydrogens (tertiary/aromatic N) is 2. The molecule has 2 heterocycles. The van der Waals surface area contributed by atoms with Crippen LogP contribution >= 0.6 is 0 Å². The number of hydrogen-bond acceptors (Lipinski definition) is 3. The average molecular weight is 236 g/mol. The molecule has 2 N–H and O–H groups in total.